The lowest BCUT2D eigenvalue weighted by Gasteiger charge is -2.40. The van der Waals surface area contributed by atoms with Crippen molar-refractivity contribution < 1.29 is 14.6 Å². The normalized spacial score (nSPS) is 21.3. The third-order valence-corrected chi connectivity index (χ3v) is 4.85. The molecule has 8 nitrogen and oxygen atoms in total. The first-order chi connectivity index (χ1) is 10.7. The smallest absolute Gasteiger partial charge is 0.372 e. The van der Waals surface area contributed by atoms with Crippen LogP contribution in [-0.4, -0.2) is 35.1 Å². The van der Waals surface area contributed by atoms with Crippen molar-refractivity contribution in [3.63, 3.8) is 0 Å². The van der Waals surface area contributed by atoms with Crippen LogP contribution in [0.5, 0.6) is 0 Å². The van der Waals surface area contributed by atoms with Gasteiger partial charge in [-0.25, -0.2) is 0 Å². The average Bonchev–Trinajstić information content (AvgIpc) is 2.45. The molecule has 1 aliphatic rings. The minimum absolute atomic E-state index is 0.110. The Bertz CT molecular complexity index is 675. The molecule has 0 aromatic heterocycles. The van der Waals surface area contributed by atoms with Crippen LogP contribution in [0.15, 0.2) is 0 Å². The van der Waals surface area contributed by atoms with Crippen LogP contribution in [0.25, 0.3) is 0 Å². The SMILES string of the molecule is CC1COCC(C)N1c1c(Cl)c(Cl)c(Cl)c([N+](=O)[O-])c1[N+](=O)[O-]. The van der Waals surface area contributed by atoms with Gasteiger partial charge in [0.05, 0.1) is 45.2 Å². The second-order valence-corrected chi connectivity index (χ2v) is 6.28. The Kier molecular flexibility index (Phi) is 5.20. The number of ether oxygens (including phenoxy) is 1. The molecule has 1 saturated heterocycles. The maximum Gasteiger partial charge on any atom is 0.372 e. The van der Waals surface area contributed by atoms with Crippen LogP contribution in [-0.2, 0) is 4.74 Å². The van der Waals surface area contributed by atoms with Crippen LogP contribution < -0.4 is 4.90 Å². The molecule has 1 aliphatic heterocycles. The van der Waals surface area contributed by atoms with E-state index in [4.69, 9.17) is 39.5 Å². The quantitative estimate of drug-likeness (QED) is 0.442. The fourth-order valence-electron chi connectivity index (χ4n) is 2.64. The molecular formula is C12H12Cl3N3O5. The minimum Gasteiger partial charge on any atom is -0.377 e. The Morgan fingerprint density at radius 2 is 1.43 bits per heavy atom. The maximum atomic E-state index is 11.5. The molecule has 2 rings (SSSR count). The zero-order chi connectivity index (χ0) is 17.5. The number of nitrogens with zero attached hydrogens (tertiary/aromatic N) is 3. The summed E-state index contributed by atoms with van der Waals surface area (Å²) < 4.78 is 5.37. The molecule has 1 fully saturated rings. The van der Waals surface area contributed by atoms with Crippen molar-refractivity contribution in [2.24, 2.45) is 0 Å². The predicted octanol–water partition coefficient (Wildman–Crippen LogP) is 4.08. The molecule has 1 heterocycles. The van der Waals surface area contributed by atoms with Crippen molar-refractivity contribution in [1.82, 2.24) is 0 Å². The van der Waals surface area contributed by atoms with Gasteiger partial charge in [0, 0.05) is 0 Å². The molecule has 11 heteroatoms. The number of nitro benzene ring substituents is 2. The van der Waals surface area contributed by atoms with Gasteiger partial charge in [0.1, 0.15) is 10.7 Å². The lowest BCUT2D eigenvalue weighted by molar-refractivity contribution is -0.421. The Labute approximate surface area is 146 Å². The van der Waals surface area contributed by atoms with E-state index < -0.39 is 26.2 Å². The lowest BCUT2D eigenvalue weighted by atomic mass is 10.1. The van der Waals surface area contributed by atoms with Crippen molar-refractivity contribution in [3.8, 4) is 0 Å². The van der Waals surface area contributed by atoms with Gasteiger partial charge in [-0.2, -0.15) is 0 Å². The van der Waals surface area contributed by atoms with Crippen molar-refractivity contribution in [2.45, 2.75) is 25.9 Å². The van der Waals surface area contributed by atoms with Gasteiger partial charge >= 0.3 is 11.4 Å². The van der Waals surface area contributed by atoms with Gasteiger partial charge in [0.25, 0.3) is 0 Å². The van der Waals surface area contributed by atoms with Crippen LogP contribution >= 0.6 is 34.8 Å². The van der Waals surface area contributed by atoms with Gasteiger partial charge in [0.2, 0.25) is 0 Å². The molecule has 0 bridgehead atoms. The molecule has 1 aromatic carbocycles. The number of hydrogen-bond acceptors (Lipinski definition) is 6. The van der Waals surface area contributed by atoms with Crippen LogP contribution in [0, 0.1) is 20.2 Å². The summed E-state index contributed by atoms with van der Waals surface area (Å²) in [6, 6.07) is -0.571. The lowest BCUT2D eigenvalue weighted by Crippen LogP contribution is -2.50. The molecule has 2 atom stereocenters. The van der Waals surface area contributed by atoms with E-state index in [2.05, 4.69) is 0 Å². The number of rotatable bonds is 3. The van der Waals surface area contributed by atoms with Gasteiger partial charge in [-0.05, 0) is 13.8 Å². The standard InChI is InChI=1S/C12H12Cl3N3O5/c1-5-3-23-4-6(2)16(5)10-8(14)7(13)9(15)11(17(19)20)12(10)18(21)22/h5-6H,3-4H2,1-2H3. The fourth-order valence-corrected chi connectivity index (χ4v) is 3.41. The molecule has 126 valence electrons. The first-order valence-electron chi connectivity index (χ1n) is 6.53. The van der Waals surface area contributed by atoms with Gasteiger partial charge in [-0.1, -0.05) is 34.8 Å². The zero-order valence-corrected chi connectivity index (χ0v) is 14.4. The molecule has 0 saturated carbocycles. The molecule has 0 spiro atoms. The van der Waals surface area contributed by atoms with Gasteiger partial charge in [-0.3, -0.25) is 20.2 Å². The molecule has 23 heavy (non-hydrogen) atoms. The number of halogens is 3. The first kappa shape index (κ1) is 18.0. The summed E-state index contributed by atoms with van der Waals surface area (Å²) >= 11 is 18.0. The summed E-state index contributed by atoms with van der Waals surface area (Å²) in [6.07, 6.45) is 0. The van der Waals surface area contributed by atoms with E-state index in [-0.39, 0.29) is 27.8 Å². The molecule has 0 amide bonds. The van der Waals surface area contributed by atoms with Gasteiger partial charge < -0.3 is 9.64 Å². The maximum absolute atomic E-state index is 11.5. The highest BCUT2D eigenvalue weighted by Gasteiger charge is 2.42. The van der Waals surface area contributed by atoms with Crippen molar-refractivity contribution in [1.29, 1.82) is 0 Å². The number of benzene rings is 1. The Morgan fingerprint density at radius 1 is 0.957 bits per heavy atom. The first-order valence-corrected chi connectivity index (χ1v) is 7.67. The van der Waals surface area contributed by atoms with Crippen LogP contribution in [0.2, 0.25) is 15.1 Å². The van der Waals surface area contributed by atoms with E-state index in [1.54, 1.807) is 18.7 Å². The van der Waals surface area contributed by atoms with E-state index in [0.717, 1.165) is 0 Å². The number of anilines is 1. The summed E-state index contributed by atoms with van der Waals surface area (Å²) in [5.41, 5.74) is -1.75. The van der Waals surface area contributed by atoms with Gasteiger partial charge in [0.15, 0.2) is 0 Å². The minimum atomic E-state index is -0.929. The third-order valence-electron chi connectivity index (χ3n) is 3.54. The topological polar surface area (TPSA) is 98.8 Å². The van der Waals surface area contributed by atoms with Crippen molar-refractivity contribution in [2.75, 3.05) is 18.1 Å². The third kappa shape index (κ3) is 3.03. The summed E-state index contributed by atoms with van der Waals surface area (Å²) in [5.74, 6) is 0. The van der Waals surface area contributed by atoms with E-state index >= 15 is 0 Å². The zero-order valence-electron chi connectivity index (χ0n) is 12.1. The van der Waals surface area contributed by atoms with E-state index in [1.165, 1.54) is 0 Å². The number of morpholine rings is 1. The molecular weight excluding hydrogens is 373 g/mol. The molecule has 0 N–H and O–H groups in total. The molecule has 2 unspecified atom stereocenters. The van der Waals surface area contributed by atoms with Crippen LogP contribution in [0.4, 0.5) is 17.1 Å². The highest BCUT2D eigenvalue weighted by molar-refractivity contribution is 6.50. The Hall–Kier alpha value is -1.35. The highest BCUT2D eigenvalue weighted by atomic mass is 35.5. The van der Waals surface area contributed by atoms with Crippen LogP contribution in [0.3, 0.4) is 0 Å². The largest absolute Gasteiger partial charge is 0.377 e. The van der Waals surface area contributed by atoms with E-state index in [1.807, 2.05) is 0 Å². The van der Waals surface area contributed by atoms with E-state index in [0.29, 0.717) is 13.2 Å². The summed E-state index contributed by atoms with van der Waals surface area (Å²) in [6.45, 7) is 4.13. The number of hydrogen-bond donors (Lipinski definition) is 0. The Morgan fingerprint density at radius 3 is 1.87 bits per heavy atom. The number of nitro groups is 2. The molecule has 0 radical (unpaired) electrons. The molecule has 1 aromatic rings. The second kappa shape index (κ2) is 6.64. The molecule has 0 aliphatic carbocycles. The summed E-state index contributed by atoms with van der Waals surface area (Å²) in [5, 5.41) is 21.8. The fraction of sp³-hybridized carbons (Fsp3) is 0.500. The van der Waals surface area contributed by atoms with Crippen LogP contribution in [0.1, 0.15) is 13.8 Å². The highest BCUT2D eigenvalue weighted by Crippen LogP contribution is 2.52. The second-order valence-electron chi connectivity index (χ2n) is 5.14. The Balaban J connectivity index is 2.86. The van der Waals surface area contributed by atoms with Gasteiger partial charge in [-0.15, -0.1) is 0 Å². The predicted molar refractivity (Wildman–Crippen MR) is 87.0 cm³/mol. The average molecular weight is 385 g/mol. The van der Waals surface area contributed by atoms with Crippen molar-refractivity contribution in [3.05, 3.63) is 35.3 Å². The summed E-state index contributed by atoms with van der Waals surface area (Å²) in [4.78, 5) is 22.6. The van der Waals surface area contributed by atoms with Crippen molar-refractivity contribution >= 4 is 51.9 Å². The monoisotopic (exact) mass is 383 g/mol. The summed E-state index contributed by atoms with van der Waals surface area (Å²) in [7, 11) is 0. The van der Waals surface area contributed by atoms with E-state index in [9.17, 15) is 20.2 Å².